The van der Waals surface area contributed by atoms with E-state index in [-0.39, 0.29) is 5.91 Å². The Labute approximate surface area is 98.0 Å². The van der Waals surface area contributed by atoms with Crippen molar-refractivity contribution in [1.29, 1.82) is 0 Å². The average molecular weight is 231 g/mol. The molecule has 1 aromatic carbocycles. The zero-order valence-electron chi connectivity index (χ0n) is 9.47. The predicted octanol–water partition coefficient (Wildman–Crippen LogP) is 0.770. The van der Waals surface area contributed by atoms with E-state index in [1.807, 2.05) is 12.1 Å². The van der Waals surface area contributed by atoms with Crippen molar-refractivity contribution in [3.63, 3.8) is 0 Å². The molecule has 2 aromatic rings. The Kier molecular flexibility index (Phi) is 2.00. The Balaban J connectivity index is 1.86. The highest BCUT2D eigenvalue weighted by Crippen LogP contribution is 2.23. The van der Waals surface area contributed by atoms with Gasteiger partial charge in [-0.25, -0.2) is 0 Å². The Morgan fingerprint density at radius 2 is 2.29 bits per heavy atom. The number of β-amino-alcohol motifs (C(OH)–C–C–N with tert-alkyl or cyclic N) is 1. The van der Waals surface area contributed by atoms with Gasteiger partial charge in [0.2, 0.25) is 0 Å². The Hall–Kier alpha value is -1.88. The van der Waals surface area contributed by atoms with E-state index in [0.29, 0.717) is 18.7 Å². The van der Waals surface area contributed by atoms with Crippen LogP contribution >= 0.6 is 0 Å². The number of likely N-dealkylation sites (tertiary alicyclic amines) is 1. The summed E-state index contributed by atoms with van der Waals surface area (Å²) < 4.78 is 0. The summed E-state index contributed by atoms with van der Waals surface area (Å²) in [6.45, 7) is 2.53. The topological polar surface area (TPSA) is 69.2 Å². The lowest BCUT2D eigenvalue weighted by molar-refractivity contribution is -0.0668. The van der Waals surface area contributed by atoms with Gasteiger partial charge in [0.1, 0.15) is 0 Å². The largest absolute Gasteiger partial charge is 0.386 e. The van der Waals surface area contributed by atoms with Crippen LogP contribution in [0.4, 0.5) is 0 Å². The van der Waals surface area contributed by atoms with E-state index in [9.17, 15) is 9.90 Å². The molecular weight excluding hydrogens is 218 g/mol. The SMILES string of the molecule is CC1(O)CN(C(=O)c2ccc3[nH]ncc3c2)C1. The summed E-state index contributed by atoms with van der Waals surface area (Å²) in [4.78, 5) is 13.7. The molecule has 1 aromatic heterocycles. The Bertz CT molecular complexity index is 580. The molecule has 2 N–H and O–H groups in total. The molecule has 5 nitrogen and oxygen atoms in total. The monoisotopic (exact) mass is 231 g/mol. The number of carbonyl (C=O) groups is 1. The molecule has 0 atom stereocenters. The minimum Gasteiger partial charge on any atom is -0.386 e. The van der Waals surface area contributed by atoms with Gasteiger partial charge in [0, 0.05) is 10.9 Å². The molecule has 0 bridgehead atoms. The summed E-state index contributed by atoms with van der Waals surface area (Å²) in [5.74, 6) is -0.0420. The van der Waals surface area contributed by atoms with Crippen LogP contribution in [0.25, 0.3) is 10.9 Å². The van der Waals surface area contributed by atoms with Crippen molar-refractivity contribution >= 4 is 16.8 Å². The van der Waals surface area contributed by atoms with Gasteiger partial charge in [0.25, 0.3) is 5.91 Å². The van der Waals surface area contributed by atoms with Crippen molar-refractivity contribution in [1.82, 2.24) is 15.1 Å². The maximum atomic E-state index is 12.1. The van der Waals surface area contributed by atoms with E-state index in [1.54, 1.807) is 24.1 Å². The number of hydrogen-bond donors (Lipinski definition) is 2. The summed E-state index contributed by atoms with van der Waals surface area (Å²) in [5.41, 5.74) is 0.821. The molecule has 2 heterocycles. The molecule has 0 aliphatic carbocycles. The number of aromatic amines is 1. The number of H-pyrrole nitrogens is 1. The minimum atomic E-state index is -0.727. The van der Waals surface area contributed by atoms with E-state index < -0.39 is 5.60 Å². The molecule has 88 valence electrons. The summed E-state index contributed by atoms with van der Waals surface area (Å²) in [5, 5.41) is 17.3. The van der Waals surface area contributed by atoms with Crippen molar-refractivity contribution < 1.29 is 9.90 Å². The first kappa shape index (κ1) is 10.3. The molecule has 5 heteroatoms. The molecule has 0 unspecified atom stereocenters. The molecule has 1 aliphatic rings. The number of nitrogens with one attached hydrogen (secondary N) is 1. The number of hydrogen-bond acceptors (Lipinski definition) is 3. The van der Waals surface area contributed by atoms with Crippen LogP contribution in [0.3, 0.4) is 0 Å². The van der Waals surface area contributed by atoms with Crippen LogP contribution in [0.1, 0.15) is 17.3 Å². The maximum Gasteiger partial charge on any atom is 0.254 e. The molecular formula is C12H13N3O2. The van der Waals surface area contributed by atoms with Crippen LogP contribution in [-0.4, -0.2) is 44.8 Å². The summed E-state index contributed by atoms with van der Waals surface area (Å²) in [6, 6.07) is 5.43. The zero-order valence-corrected chi connectivity index (χ0v) is 9.47. The predicted molar refractivity (Wildman–Crippen MR) is 62.6 cm³/mol. The lowest BCUT2D eigenvalue weighted by atomic mass is 9.96. The van der Waals surface area contributed by atoms with Crippen molar-refractivity contribution in [2.24, 2.45) is 0 Å². The number of fused-ring (bicyclic) bond motifs is 1. The number of rotatable bonds is 1. The van der Waals surface area contributed by atoms with Gasteiger partial charge in [-0.15, -0.1) is 0 Å². The zero-order chi connectivity index (χ0) is 12.0. The normalized spacial score (nSPS) is 18.1. The molecule has 3 rings (SSSR count). The smallest absolute Gasteiger partial charge is 0.254 e. The third-order valence-corrected chi connectivity index (χ3v) is 3.04. The van der Waals surface area contributed by atoms with E-state index in [0.717, 1.165) is 10.9 Å². The highest BCUT2D eigenvalue weighted by atomic mass is 16.3. The lowest BCUT2D eigenvalue weighted by Crippen LogP contribution is -2.61. The van der Waals surface area contributed by atoms with E-state index >= 15 is 0 Å². The van der Waals surface area contributed by atoms with Crippen LogP contribution in [0.5, 0.6) is 0 Å². The van der Waals surface area contributed by atoms with Crippen molar-refractivity contribution in [3.8, 4) is 0 Å². The van der Waals surface area contributed by atoms with Crippen LogP contribution in [0, 0.1) is 0 Å². The fraction of sp³-hybridized carbons (Fsp3) is 0.333. The van der Waals surface area contributed by atoms with E-state index in [4.69, 9.17) is 0 Å². The highest BCUT2D eigenvalue weighted by Gasteiger charge is 2.39. The maximum absolute atomic E-state index is 12.1. The first-order chi connectivity index (χ1) is 8.05. The summed E-state index contributed by atoms with van der Waals surface area (Å²) in [7, 11) is 0. The Morgan fingerprint density at radius 1 is 1.53 bits per heavy atom. The van der Waals surface area contributed by atoms with Gasteiger partial charge in [-0.3, -0.25) is 9.89 Å². The molecule has 17 heavy (non-hydrogen) atoms. The van der Waals surface area contributed by atoms with Crippen molar-refractivity contribution in [2.75, 3.05) is 13.1 Å². The van der Waals surface area contributed by atoms with Gasteiger partial charge in [-0.05, 0) is 25.1 Å². The van der Waals surface area contributed by atoms with Gasteiger partial charge in [0.15, 0.2) is 0 Å². The molecule has 0 saturated carbocycles. The number of carbonyl (C=O) groups excluding carboxylic acids is 1. The van der Waals surface area contributed by atoms with Gasteiger partial charge in [-0.2, -0.15) is 5.10 Å². The number of benzene rings is 1. The Morgan fingerprint density at radius 3 is 3.00 bits per heavy atom. The standard InChI is InChI=1S/C12H13N3O2/c1-12(17)6-15(7-12)11(16)8-2-3-10-9(4-8)5-13-14-10/h2-5,17H,6-7H2,1H3,(H,13,14). The highest BCUT2D eigenvalue weighted by molar-refractivity contribution is 5.98. The molecule has 1 aliphatic heterocycles. The third kappa shape index (κ3) is 1.68. The first-order valence-electron chi connectivity index (χ1n) is 5.50. The second kappa shape index (κ2) is 3.30. The number of nitrogens with zero attached hydrogens (tertiary/aromatic N) is 2. The second-order valence-electron chi connectivity index (χ2n) is 4.83. The summed E-state index contributed by atoms with van der Waals surface area (Å²) >= 11 is 0. The van der Waals surface area contributed by atoms with Gasteiger partial charge in [-0.1, -0.05) is 0 Å². The third-order valence-electron chi connectivity index (χ3n) is 3.04. The first-order valence-corrected chi connectivity index (χ1v) is 5.50. The van der Waals surface area contributed by atoms with Gasteiger partial charge >= 0.3 is 0 Å². The molecule has 1 fully saturated rings. The fourth-order valence-corrected chi connectivity index (χ4v) is 2.18. The molecule has 0 radical (unpaired) electrons. The van der Waals surface area contributed by atoms with Gasteiger partial charge in [0.05, 0.1) is 30.4 Å². The number of aliphatic hydroxyl groups is 1. The fourth-order valence-electron chi connectivity index (χ4n) is 2.18. The second-order valence-corrected chi connectivity index (χ2v) is 4.83. The number of aromatic nitrogens is 2. The molecule has 0 spiro atoms. The molecule has 1 amide bonds. The number of amides is 1. The summed E-state index contributed by atoms with van der Waals surface area (Å²) in [6.07, 6.45) is 1.69. The van der Waals surface area contributed by atoms with Crippen LogP contribution < -0.4 is 0 Å². The van der Waals surface area contributed by atoms with Crippen molar-refractivity contribution in [3.05, 3.63) is 30.0 Å². The van der Waals surface area contributed by atoms with E-state index in [2.05, 4.69) is 10.2 Å². The average Bonchev–Trinajstić information content (AvgIpc) is 2.71. The quantitative estimate of drug-likeness (QED) is 0.761. The minimum absolute atomic E-state index is 0.0420. The van der Waals surface area contributed by atoms with Crippen LogP contribution in [-0.2, 0) is 0 Å². The lowest BCUT2D eigenvalue weighted by Gasteiger charge is -2.44. The van der Waals surface area contributed by atoms with Crippen molar-refractivity contribution in [2.45, 2.75) is 12.5 Å². The van der Waals surface area contributed by atoms with Crippen LogP contribution in [0.15, 0.2) is 24.4 Å². The van der Waals surface area contributed by atoms with E-state index in [1.165, 1.54) is 0 Å². The van der Waals surface area contributed by atoms with Gasteiger partial charge < -0.3 is 10.0 Å². The molecule has 1 saturated heterocycles. The van der Waals surface area contributed by atoms with Crippen LogP contribution in [0.2, 0.25) is 0 Å².